The van der Waals surface area contributed by atoms with E-state index in [0.717, 1.165) is 11.3 Å². The third kappa shape index (κ3) is 3.57. The van der Waals surface area contributed by atoms with E-state index in [1.54, 1.807) is 18.2 Å². The maximum atomic E-state index is 13.5. The van der Waals surface area contributed by atoms with Crippen molar-refractivity contribution in [3.05, 3.63) is 95.7 Å². The zero-order valence-corrected chi connectivity index (χ0v) is 16.9. The number of hydrogen-bond acceptors (Lipinski definition) is 4. The van der Waals surface area contributed by atoms with Crippen molar-refractivity contribution in [1.29, 1.82) is 0 Å². The number of carbonyl (C=O) groups excluding carboxylic acids is 2. The smallest absolute Gasteiger partial charge is 0.282 e. The van der Waals surface area contributed by atoms with Crippen LogP contribution in [0.25, 0.3) is 5.57 Å². The number of nitrogens with zero attached hydrogens (tertiary/aromatic N) is 1. The first kappa shape index (κ1) is 19.5. The highest BCUT2D eigenvalue weighted by Gasteiger charge is 2.41. The van der Waals surface area contributed by atoms with Gasteiger partial charge in [-0.3, -0.25) is 9.59 Å². The Kier molecular flexibility index (Phi) is 5.35. The first-order valence-electron chi connectivity index (χ1n) is 9.84. The van der Waals surface area contributed by atoms with Crippen molar-refractivity contribution in [1.82, 2.24) is 0 Å². The molecule has 0 atom stereocenters. The topological polar surface area (TPSA) is 58.6 Å². The van der Waals surface area contributed by atoms with Crippen molar-refractivity contribution in [2.75, 3.05) is 16.8 Å². The Labute approximate surface area is 175 Å². The highest BCUT2D eigenvalue weighted by atomic mass is 16.5. The Bertz CT molecular complexity index is 1140. The fourth-order valence-electron chi connectivity index (χ4n) is 3.52. The summed E-state index contributed by atoms with van der Waals surface area (Å²) in [6, 6.07) is 24.0. The van der Waals surface area contributed by atoms with Crippen LogP contribution in [0.15, 0.2) is 84.6 Å². The molecule has 0 unspecified atom stereocenters. The van der Waals surface area contributed by atoms with Crippen molar-refractivity contribution in [2.24, 2.45) is 0 Å². The molecule has 1 aliphatic rings. The molecule has 3 aromatic rings. The largest absolute Gasteiger partial charge is 0.492 e. The van der Waals surface area contributed by atoms with Crippen molar-refractivity contribution in [3.8, 4) is 5.75 Å². The predicted molar refractivity (Wildman–Crippen MR) is 118 cm³/mol. The maximum Gasteiger partial charge on any atom is 0.282 e. The van der Waals surface area contributed by atoms with E-state index in [1.165, 1.54) is 4.90 Å². The van der Waals surface area contributed by atoms with E-state index in [0.29, 0.717) is 29.2 Å². The number of carbonyl (C=O) groups is 2. The Hall–Kier alpha value is -3.86. The monoisotopic (exact) mass is 398 g/mol. The molecular formula is C25H22N2O3. The van der Waals surface area contributed by atoms with Gasteiger partial charge < -0.3 is 10.1 Å². The van der Waals surface area contributed by atoms with E-state index in [9.17, 15) is 9.59 Å². The van der Waals surface area contributed by atoms with Gasteiger partial charge in [-0.2, -0.15) is 0 Å². The Morgan fingerprint density at radius 1 is 0.867 bits per heavy atom. The van der Waals surface area contributed by atoms with Crippen LogP contribution in [0, 0.1) is 6.92 Å². The summed E-state index contributed by atoms with van der Waals surface area (Å²) < 4.78 is 5.67. The van der Waals surface area contributed by atoms with E-state index in [1.807, 2.05) is 74.5 Å². The van der Waals surface area contributed by atoms with Gasteiger partial charge in [0.1, 0.15) is 11.4 Å². The first-order chi connectivity index (χ1) is 14.6. The summed E-state index contributed by atoms with van der Waals surface area (Å²) in [5.41, 5.74) is 3.51. The Morgan fingerprint density at radius 2 is 1.60 bits per heavy atom. The fourth-order valence-corrected chi connectivity index (χ4v) is 3.52. The molecule has 3 aromatic carbocycles. The lowest BCUT2D eigenvalue weighted by Crippen LogP contribution is -2.32. The van der Waals surface area contributed by atoms with Crippen LogP contribution < -0.4 is 15.0 Å². The fraction of sp³-hybridized carbons (Fsp3) is 0.120. The number of anilines is 2. The van der Waals surface area contributed by atoms with E-state index >= 15 is 0 Å². The Morgan fingerprint density at radius 3 is 2.33 bits per heavy atom. The molecule has 0 aliphatic carbocycles. The van der Waals surface area contributed by atoms with Gasteiger partial charge in [-0.1, -0.05) is 54.6 Å². The quantitative estimate of drug-likeness (QED) is 0.607. The molecule has 5 heteroatoms. The van der Waals surface area contributed by atoms with Gasteiger partial charge in [0.15, 0.2) is 0 Å². The molecule has 1 aliphatic heterocycles. The van der Waals surface area contributed by atoms with Crippen LogP contribution in [-0.4, -0.2) is 18.4 Å². The van der Waals surface area contributed by atoms with E-state index in [4.69, 9.17) is 4.74 Å². The normalized spacial score (nSPS) is 13.7. The molecule has 0 bridgehead atoms. The lowest BCUT2D eigenvalue weighted by atomic mass is 10.0. The molecule has 4 rings (SSSR count). The van der Waals surface area contributed by atoms with Crippen LogP contribution in [0.5, 0.6) is 5.75 Å². The predicted octanol–water partition coefficient (Wildman–Crippen LogP) is 4.79. The number of para-hydroxylation sites is 2. The van der Waals surface area contributed by atoms with Gasteiger partial charge in [0.2, 0.25) is 0 Å². The number of nitrogens with one attached hydrogen (secondary N) is 1. The average Bonchev–Trinajstić information content (AvgIpc) is 2.99. The molecular weight excluding hydrogens is 376 g/mol. The zero-order valence-electron chi connectivity index (χ0n) is 16.9. The van der Waals surface area contributed by atoms with Gasteiger partial charge in [-0.05, 0) is 49.2 Å². The summed E-state index contributed by atoms with van der Waals surface area (Å²) in [4.78, 5) is 28.2. The van der Waals surface area contributed by atoms with Gasteiger partial charge in [-0.15, -0.1) is 0 Å². The minimum absolute atomic E-state index is 0.253. The minimum Gasteiger partial charge on any atom is -0.492 e. The standard InChI is InChI=1S/C25H22N2O3/c1-3-30-21-15-8-7-14-20(21)27-24(28)22(18-11-5-4-6-12-18)23(25(27)29)26-19-13-9-10-17(2)16-19/h4-16,26H,3H2,1-2H3. The lowest BCUT2D eigenvalue weighted by molar-refractivity contribution is -0.120. The first-order valence-corrected chi connectivity index (χ1v) is 9.84. The summed E-state index contributed by atoms with van der Waals surface area (Å²) in [6.07, 6.45) is 0. The van der Waals surface area contributed by atoms with Crippen LogP contribution in [0.4, 0.5) is 11.4 Å². The number of amides is 2. The number of rotatable bonds is 6. The molecule has 0 spiro atoms. The summed E-state index contributed by atoms with van der Waals surface area (Å²) in [5.74, 6) is -0.299. The number of aryl methyl sites for hydroxylation is 1. The average molecular weight is 398 g/mol. The molecule has 1 N–H and O–H groups in total. The number of imide groups is 1. The third-order valence-electron chi connectivity index (χ3n) is 4.84. The molecule has 0 saturated carbocycles. The molecule has 0 saturated heterocycles. The second-order valence-electron chi connectivity index (χ2n) is 6.96. The SMILES string of the molecule is CCOc1ccccc1N1C(=O)C(Nc2cccc(C)c2)=C(c2ccccc2)C1=O. The number of benzene rings is 3. The van der Waals surface area contributed by atoms with Crippen LogP contribution in [0.3, 0.4) is 0 Å². The van der Waals surface area contributed by atoms with Crippen molar-refractivity contribution in [3.63, 3.8) is 0 Å². The van der Waals surface area contributed by atoms with E-state index in [-0.39, 0.29) is 11.6 Å². The van der Waals surface area contributed by atoms with Gasteiger partial charge >= 0.3 is 0 Å². The molecule has 30 heavy (non-hydrogen) atoms. The van der Waals surface area contributed by atoms with Gasteiger partial charge in [0, 0.05) is 5.69 Å². The van der Waals surface area contributed by atoms with Crippen molar-refractivity contribution in [2.45, 2.75) is 13.8 Å². The van der Waals surface area contributed by atoms with Crippen LogP contribution >= 0.6 is 0 Å². The highest BCUT2D eigenvalue weighted by molar-refractivity contribution is 6.46. The van der Waals surface area contributed by atoms with E-state index in [2.05, 4.69) is 5.32 Å². The molecule has 150 valence electrons. The zero-order chi connectivity index (χ0) is 21.1. The summed E-state index contributed by atoms with van der Waals surface area (Å²) in [6.45, 7) is 4.27. The van der Waals surface area contributed by atoms with Crippen LogP contribution in [0.1, 0.15) is 18.1 Å². The number of ether oxygens (including phenoxy) is 1. The molecule has 0 radical (unpaired) electrons. The molecule has 1 heterocycles. The minimum atomic E-state index is -0.410. The molecule has 0 fully saturated rings. The second kappa shape index (κ2) is 8.25. The van der Waals surface area contributed by atoms with Crippen molar-refractivity contribution < 1.29 is 14.3 Å². The van der Waals surface area contributed by atoms with Crippen molar-refractivity contribution >= 4 is 28.8 Å². The number of hydrogen-bond donors (Lipinski definition) is 1. The van der Waals surface area contributed by atoms with Gasteiger partial charge in [-0.25, -0.2) is 4.90 Å². The molecule has 2 amide bonds. The molecule has 5 nitrogen and oxygen atoms in total. The maximum absolute atomic E-state index is 13.5. The van der Waals surface area contributed by atoms with E-state index < -0.39 is 5.91 Å². The summed E-state index contributed by atoms with van der Waals surface area (Å²) in [5, 5.41) is 3.19. The second-order valence-corrected chi connectivity index (χ2v) is 6.96. The van der Waals surface area contributed by atoms with Crippen LogP contribution in [-0.2, 0) is 9.59 Å². The Balaban J connectivity index is 1.83. The highest BCUT2D eigenvalue weighted by Crippen LogP contribution is 2.37. The van der Waals surface area contributed by atoms with Gasteiger partial charge in [0.25, 0.3) is 11.8 Å². The lowest BCUT2D eigenvalue weighted by Gasteiger charge is -2.19. The summed E-state index contributed by atoms with van der Waals surface area (Å²) in [7, 11) is 0. The molecule has 0 aromatic heterocycles. The summed E-state index contributed by atoms with van der Waals surface area (Å²) >= 11 is 0. The third-order valence-corrected chi connectivity index (χ3v) is 4.84. The van der Waals surface area contributed by atoms with Gasteiger partial charge in [0.05, 0.1) is 17.9 Å². The van der Waals surface area contributed by atoms with Crippen LogP contribution in [0.2, 0.25) is 0 Å².